The number of hydrogen-bond acceptors (Lipinski definition) is 3. The summed E-state index contributed by atoms with van der Waals surface area (Å²) in [7, 11) is 2.10. The van der Waals surface area contributed by atoms with Gasteiger partial charge in [-0.25, -0.2) is 0 Å². The van der Waals surface area contributed by atoms with Crippen LogP contribution in [0.5, 0.6) is 5.75 Å². The molecule has 2 N–H and O–H groups in total. The van der Waals surface area contributed by atoms with Crippen LogP contribution in [0.15, 0.2) is 24.3 Å². The van der Waals surface area contributed by atoms with E-state index in [1.165, 1.54) is 6.42 Å². The number of rotatable bonds is 7. The van der Waals surface area contributed by atoms with Crippen molar-refractivity contribution in [1.82, 2.24) is 4.90 Å². The molecule has 0 atom stereocenters. The van der Waals surface area contributed by atoms with Crippen molar-refractivity contribution in [2.45, 2.75) is 13.3 Å². The molecule has 0 saturated heterocycles. The normalized spacial score (nSPS) is 10.5. The summed E-state index contributed by atoms with van der Waals surface area (Å²) in [6, 6.07) is 7.56. The zero-order valence-electron chi connectivity index (χ0n) is 10.5. The van der Waals surface area contributed by atoms with Gasteiger partial charge in [-0.2, -0.15) is 0 Å². The molecule has 0 spiro atoms. The maximum absolute atomic E-state index is 5.63. The SMILES string of the molecule is CCCN(C)CCOc1ccc(C(N)=S)cc1. The fourth-order valence-electron chi connectivity index (χ4n) is 1.53. The maximum atomic E-state index is 5.63. The van der Waals surface area contributed by atoms with Crippen LogP contribution in [0.1, 0.15) is 18.9 Å². The smallest absolute Gasteiger partial charge is 0.119 e. The molecular formula is C13H20N2OS. The Bertz CT molecular complexity index is 351. The van der Waals surface area contributed by atoms with E-state index >= 15 is 0 Å². The lowest BCUT2D eigenvalue weighted by atomic mass is 10.2. The Morgan fingerprint density at radius 2 is 1.94 bits per heavy atom. The summed E-state index contributed by atoms with van der Waals surface area (Å²) >= 11 is 4.89. The molecule has 0 bridgehead atoms. The Labute approximate surface area is 109 Å². The van der Waals surface area contributed by atoms with Gasteiger partial charge in [-0.05, 0) is 44.3 Å². The number of nitrogens with two attached hydrogens (primary N) is 1. The molecule has 0 aliphatic rings. The average molecular weight is 252 g/mol. The number of hydrogen-bond donors (Lipinski definition) is 1. The molecule has 1 aromatic rings. The highest BCUT2D eigenvalue weighted by atomic mass is 32.1. The first-order chi connectivity index (χ1) is 8.13. The minimum absolute atomic E-state index is 0.416. The summed E-state index contributed by atoms with van der Waals surface area (Å²) in [5.41, 5.74) is 6.39. The first kappa shape index (κ1) is 13.9. The van der Waals surface area contributed by atoms with E-state index in [1.807, 2.05) is 24.3 Å². The Morgan fingerprint density at radius 1 is 1.29 bits per heavy atom. The Kier molecular flexibility index (Phi) is 5.94. The molecule has 0 aromatic heterocycles. The molecule has 0 aliphatic heterocycles. The Balaban J connectivity index is 2.34. The second-order valence-electron chi connectivity index (χ2n) is 4.04. The van der Waals surface area contributed by atoms with Crippen molar-refractivity contribution in [3.05, 3.63) is 29.8 Å². The van der Waals surface area contributed by atoms with E-state index in [9.17, 15) is 0 Å². The largest absolute Gasteiger partial charge is 0.492 e. The topological polar surface area (TPSA) is 38.5 Å². The second kappa shape index (κ2) is 7.25. The monoisotopic (exact) mass is 252 g/mol. The molecule has 17 heavy (non-hydrogen) atoms. The number of nitrogens with zero attached hydrogens (tertiary/aromatic N) is 1. The van der Waals surface area contributed by atoms with E-state index in [0.29, 0.717) is 11.6 Å². The molecule has 0 radical (unpaired) electrons. The van der Waals surface area contributed by atoms with Crippen molar-refractivity contribution >= 4 is 17.2 Å². The van der Waals surface area contributed by atoms with Crippen LogP contribution in [0.3, 0.4) is 0 Å². The van der Waals surface area contributed by atoms with Gasteiger partial charge in [0.05, 0.1) is 0 Å². The number of thiocarbonyl (C=S) groups is 1. The first-order valence-electron chi connectivity index (χ1n) is 5.84. The molecule has 94 valence electrons. The van der Waals surface area contributed by atoms with Crippen molar-refractivity contribution in [2.75, 3.05) is 26.7 Å². The zero-order chi connectivity index (χ0) is 12.7. The van der Waals surface area contributed by atoms with Gasteiger partial charge in [-0.1, -0.05) is 19.1 Å². The molecule has 4 heteroatoms. The van der Waals surface area contributed by atoms with Crippen LogP contribution in [-0.2, 0) is 0 Å². The molecule has 0 heterocycles. The minimum atomic E-state index is 0.416. The van der Waals surface area contributed by atoms with Gasteiger partial charge in [0.25, 0.3) is 0 Å². The molecular weight excluding hydrogens is 232 g/mol. The zero-order valence-corrected chi connectivity index (χ0v) is 11.3. The molecule has 1 aromatic carbocycles. The van der Waals surface area contributed by atoms with Crippen LogP contribution in [-0.4, -0.2) is 36.6 Å². The highest BCUT2D eigenvalue weighted by molar-refractivity contribution is 7.80. The van der Waals surface area contributed by atoms with Gasteiger partial charge in [0.1, 0.15) is 17.3 Å². The highest BCUT2D eigenvalue weighted by Crippen LogP contribution is 2.11. The summed E-state index contributed by atoms with van der Waals surface area (Å²) in [6.45, 7) is 4.91. The van der Waals surface area contributed by atoms with Gasteiger partial charge in [-0.15, -0.1) is 0 Å². The predicted molar refractivity (Wildman–Crippen MR) is 75.6 cm³/mol. The third kappa shape index (κ3) is 5.15. The lowest BCUT2D eigenvalue weighted by Crippen LogP contribution is -2.24. The van der Waals surface area contributed by atoms with E-state index in [0.717, 1.165) is 24.4 Å². The molecule has 1 rings (SSSR count). The standard InChI is InChI=1S/C13H20N2OS/c1-3-8-15(2)9-10-16-12-6-4-11(5-7-12)13(14)17/h4-7H,3,8-10H2,1-2H3,(H2,14,17). The average Bonchev–Trinajstić information content (AvgIpc) is 2.30. The third-order valence-corrected chi connectivity index (χ3v) is 2.72. The van der Waals surface area contributed by atoms with Crippen molar-refractivity contribution in [3.8, 4) is 5.75 Å². The Morgan fingerprint density at radius 3 is 2.47 bits per heavy atom. The van der Waals surface area contributed by atoms with E-state index in [4.69, 9.17) is 22.7 Å². The van der Waals surface area contributed by atoms with Gasteiger partial charge in [-0.3, -0.25) is 0 Å². The predicted octanol–water partition coefficient (Wildman–Crippen LogP) is 2.04. The number of likely N-dealkylation sites (N-methyl/N-ethyl adjacent to an activating group) is 1. The highest BCUT2D eigenvalue weighted by Gasteiger charge is 1.99. The first-order valence-corrected chi connectivity index (χ1v) is 6.25. The summed E-state index contributed by atoms with van der Waals surface area (Å²) in [5, 5.41) is 0. The lowest BCUT2D eigenvalue weighted by molar-refractivity contribution is 0.237. The van der Waals surface area contributed by atoms with E-state index in [-0.39, 0.29) is 0 Å². The quantitative estimate of drug-likeness (QED) is 0.754. The molecule has 0 unspecified atom stereocenters. The summed E-state index contributed by atoms with van der Waals surface area (Å²) in [5.74, 6) is 0.856. The van der Waals surface area contributed by atoms with Gasteiger partial charge in [0.2, 0.25) is 0 Å². The van der Waals surface area contributed by atoms with E-state index in [1.54, 1.807) is 0 Å². The molecule has 0 fully saturated rings. The molecule has 0 saturated carbocycles. The summed E-state index contributed by atoms with van der Waals surface area (Å²) < 4.78 is 5.63. The molecule has 0 amide bonds. The third-order valence-electron chi connectivity index (χ3n) is 2.49. The molecule has 0 aliphatic carbocycles. The van der Waals surface area contributed by atoms with Crippen molar-refractivity contribution in [2.24, 2.45) is 5.73 Å². The van der Waals surface area contributed by atoms with E-state index in [2.05, 4.69) is 18.9 Å². The van der Waals surface area contributed by atoms with Crippen molar-refractivity contribution < 1.29 is 4.74 Å². The van der Waals surface area contributed by atoms with Crippen LogP contribution < -0.4 is 10.5 Å². The summed E-state index contributed by atoms with van der Waals surface area (Å²) in [6.07, 6.45) is 1.17. The summed E-state index contributed by atoms with van der Waals surface area (Å²) in [4.78, 5) is 2.67. The van der Waals surface area contributed by atoms with Gasteiger partial charge < -0.3 is 15.4 Å². The van der Waals surface area contributed by atoms with Gasteiger partial charge in [0, 0.05) is 12.1 Å². The second-order valence-corrected chi connectivity index (χ2v) is 4.48. The van der Waals surface area contributed by atoms with Crippen LogP contribution in [0.25, 0.3) is 0 Å². The molecule has 3 nitrogen and oxygen atoms in total. The van der Waals surface area contributed by atoms with Crippen LogP contribution in [0, 0.1) is 0 Å². The van der Waals surface area contributed by atoms with Gasteiger partial charge >= 0.3 is 0 Å². The van der Waals surface area contributed by atoms with Crippen LogP contribution >= 0.6 is 12.2 Å². The fraction of sp³-hybridized carbons (Fsp3) is 0.462. The van der Waals surface area contributed by atoms with Crippen LogP contribution in [0.2, 0.25) is 0 Å². The fourth-order valence-corrected chi connectivity index (χ4v) is 1.66. The van der Waals surface area contributed by atoms with Gasteiger partial charge in [0.15, 0.2) is 0 Å². The number of ether oxygens (including phenoxy) is 1. The van der Waals surface area contributed by atoms with Crippen molar-refractivity contribution in [1.29, 1.82) is 0 Å². The minimum Gasteiger partial charge on any atom is -0.492 e. The maximum Gasteiger partial charge on any atom is 0.119 e. The van der Waals surface area contributed by atoms with Crippen molar-refractivity contribution in [3.63, 3.8) is 0 Å². The Hall–Kier alpha value is -1.13. The van der Waals surface area contributed by atoms with E-state index < -0.39 is 0 Å². The number of benzene rings is 1. The lowest BCUT2D eigenvalue weighted by Gasteiger charge is -2.15. The van der Waals surface area contributed by atoms with Crippen LogP contribution in [0.4, 0.5) is 0 Å².